The van der Waals surface area contributed by atoms with Gasteiger partial charge in [-0.2, -0.15) is 0 Å². The molecule has 5 nitrogen and oxygen atoms in total. The van der Waals surface area contributed by atoms with E-state index in [1.807, 2.05) is 0 Å². The number of hydrogen-bond acceptors (Lipinski definition) is 5. The maximum atomic E-state index is 8.64. The van der Waals surface area contributed by atoms with Gasteiger partial charge in [-0.1, -0.05) is 26.7 Å². The first-order valence-corrected chi connectivity index (χ1v) is 7.41. The topological polar surface area (TPSA) is 51.2 Å². The van der Waals surface area contributed by atoms with E-state index < -0.39 is 0 Å². The molecule has 0 amide bonds. The second-order valence-corrected chi connectivity index (χ2v) is 4.51. The lowest BCUT2D eigenvalue weighted by molar-refractivity contribution is -0.0572. The third kappa shape index (κ3) is 14.0. The van der Waals surface area contributed by atoms with Crippen LogP contribution in [0.1, 0.15) is 39.5 Å². The highest BCUT2D eigenvalue weighted by Crippen LogP contribution is 1.96. The molecule has 0 bridgehead atoms. The predicted molar refractivity (Wildman–Crippen MR) is 76.1 cm³/mol. The van der Waals surface area contributed by atoms with E-state index in [2.05, 4.69) is 18.7 Å². The first kappa shape index (κ1) is 18.8. The van der Waals surface area contributed by atoms with Crippen molar-refractivity contribution in [3.05, 3.63) is 0 Å². The van der Waals surface area contributed by atoms with Crippen molar-refractivity contribution in [2.75, 3.05) is 53.0 Å². The van der Waals surface area contributed by atoms with Crippen molar-refractivity contribution in [3.8, 4) is 0 Å². The van der Waals surface area contributed by atoms with Crippen molar-refractivity contribution in [1.82, 2.24) is 4.90 Å². The highest BCUT2D eigenvalue weighted by atomic mass is 16.5. The van der Waals surface area contributed by atoms with Crippen LogP contribution in [0.3, 0.4) is 0 Å². The highest BCUT2D eigenvalue weighted by Gasteiger charge is 2.05. The van der Waals surface area contributed by atoms with Crippen LogP contribution < -0.4 is 0 Å². The van der Waals surface area contributed by atoms with Gasteiger partial charge in [0, 0.05) is 19.8 Å². The largest absolute Gasteiger partial charge is 0.394 e. The van der Waals surface area contributed by atoms with Gasteiger partial charge in [0.25, 0.3) is 0 Å². The summed E-state index contributed by atoms with van der Waals surface area (Å²) >= 11 is 0. The summed E-state index contributed by atoms with van der Waals surface area (Å²) in [5.74, 6) is 0. The zero-order chi connectivity index (χ0) is 14.2. The Kier molecular flexibility index (Phi) is 15.7. The van der Waals surface area contributed by atoms with Crippen LogP contribution in [0.15, 0.2) is 0 Å². The van der Waals surface area contributed by atoms with Crippen LogP contribution in [0.4, 0.5) is 0 Å². The number of aliphatic hydroxyl groups excluding tert-OH is 1. The van der Waals surface area contributed by atoms with Crippen LogP contribution in [0.2, 0.25) is 0 Å². The smallest absolute Gasteiger partial charge is 0.101 e. The molecule has 116 valence electrons. The lowest BCUT2D eigenvalue weighted by Gasteiger charge is -2.22. The maximum absolute atomic E-state index is 8.64. The van der Waals surface area contributed by atoms with Crippen LogP contribution in [0.25, 0.3) is 0 Å². The van der Waals surface area contributed by atoms with Gasteiger partial charge >= 0.3 is 0 Å². The molecule has 0 aromatic rings. The molecule has 0 atom stereocenters. The van der Waals surface area contributed by atoms with Crippen molar-refractivity contribution in [1.29, 1.82) is 0 Å². The van der Waals surface area contributed by atoms with Crippen molar-refractivity contribution in [3.63, 3.8) is 0 Å². The van der Waals surface area contributed by atoms with Gasteiger partial charge in [-0.05, 0) is 12.8 Å². The first-order valence-electron chi connectivity index (χ1n) is 7.41. The quantitative estimate of drug-likeness (QED) is 0.366. The lowest BCUT2D eigenvalue weighted by Crippen LogP contribution is -2.33. The minimum Gasteiger partial charge on any atom is -0.394 e. The van der Waals surface area contributed by atoms with E-state index in [4.69, 9.17) is 19.3 Å². The standard InChI is InChI=1S/C14H31NO4/c1-3-5-9-18-13-15(7-11-17-12-8-16)14-19-10-6-4-2/h16H,3-14H2,1-2H3. The third-order valence-corrected chi connectivity index (χ3v) is 2.62. The summed E-state index contributed by atoms with van der Waals surface area (Å²) in [6, 6.07) is 0. The molecule has 0 unspecified atom stereocenters. The summed E-state index contributed by atoms with van der Waals surface area (Å²) in [7, 11) is 0. The molecule has 0 aliphatic rings. The fourth-order valence-corrected chi connectivity index (χ4v) is 1.41. The van der Waals surface area contributed by atoms with E-state index in [1.165, 1.54) is 0 Å². The number of ether oxygens (including phenoxy) is 3. The van der Waals surface area contributed by atoms with Gasteiger partial charge in [0.2, 0.25) is 0 Å². The van der Waals surface area contributed by atoms with Crippen LogP contribution >= 0.6 is 0 Å². The van der Waals surface area contributed by atoms with E-state index in [1.54, 1.807) is 0 Å². The fraction of sp³-hybridized carbons (Fsp3) is 1.00. The van der Waals surface area contributed by atoms with Crippen LogP contribution in [0, 0.1) is 0 Å². The van der Waals surface area contributed by atoms with Gasteiger partial charge in [-0.15, -0.1) is 0 Å². The number of hydrogen-bond donors (Lipinski definition) is 1. The predicted octanol–water partition coefficient (Wildman–Crippen LogP) is 1.85. The molecule has 0 saturated heterocycles. The molecule has 5 heteroatoms. The van der Waals surface area contributed by atoms with Crippen LogP contribution in [-0.2, 0) is 14.2 Å². The summed E-state index contributed by atoms with van der Waals surface area (Å²) in [6.07, 6.45) is 4.47. The van der Waals surface area contributed by atoms with E-state index in [-0.39, 0.29) is 6.61 Å². The number of nitrogens with zero attached hydrogens (tertiary/aromatic N) is 1. The average molecular weight is 277 g/mol. The number of rotatable bonds is 15. The summed E-state index contributed by atoms with van der Waals surface area (Å²) < 4.78 is 16.4. The molecular formula is C14H31NO4. The SMILES string of the molecule is CCCCOCN(CCOCCO)COCCCC. The minimum atomic E-state index is 0.0694. The Hall–Kier alpha value is -0.200. The molecular weight excluding hydrogens is 246 g/mol. The van der Waals surface area contributed by atoms with E-state index in [0.717, 1.165) is 45.4 Å². The summed E-state index contributed by atoms with van der Waals surface area (Å²) in [6.45, 7) is 8.85. The van der Waals surface area contributed by atoms with Gasteiger partial charge in [-0.25, -0.2) is 0 Å². The molecule has 0 aliphatic heterocycles. The number of unbranched alkanes of at least 4 members (excludes halogenated alkanes) is 2. The molecule has 0 fully saturated rings. The summed E-state index contributed by atoms with van der Waals surface area (Å²) in [4.78, 5) is 2.09. The second kappa shape index (κ2) is 15.9. The summed E-state index contributed by atoms with van der Waals surface area (Å²) in [5, 5.41) is 8.64. The molecule has 0 rings (SSSR count). The zero-order valence-corrected chi connectivity index (χ0v) is 12.6. The van der Waals surface area contributed by atoms with E-state index in [0.29, 0.717) is 26.7 Å². The average Bonchev–Trinajstić information content (AvgIpc) is 2.43. The highest BCUT2D eigenvalue weighted by molar-refractivity contribution is 4.48. The molecule has 0 radical (unpaired) electrons. The first-order chi connectivity index (χ1) is 9.35. The van der Waals surface area contributed by atoms with Crippen molar-refractivity contribution < 1.29 is 19.3 Å². The Labute approximate surface area is 117 Å². The van der Waals surface area contributed by atoms with Gasteiger partial charge < -0.3 is 19.3 Å². The number of aliphatic hydroxyl groups is 1. The Balaban J connectivity index is 3.66. The molecule has 0 aromatic heterocycles. The second-order valence-electron chi connectivity index (χ2n) is 4.51. The summed E-state index contributed by atoms with van der Waals surface area (Å²) in [5.41, 5.74) is 0. The fourth-order valence-electron chi connectivity index (χ4n) is 1.41. The third-order valence-electron chi connectivity index (χ3n) is 2.62. The zero-order valence-electron chi connectivity index (χ0n) is 12.6. The molecule has 19 heavy (non-hydrogen) atoms. The lowest BCUT2D eigenvalue weighted by atomic mass is 10.4. The molecule has 0 aliphatic carbocycles. The van der Waals surface area contributed by atoms with Crippen LogP contribution in [0.5, 0.6) is 0 Å². The monoisotopic (exact) mass is 277 g/mol. The Bertz CT molecular complexity index is 141. The Morgan fingerprint density at radius 3 is 1.84 bits per heavy atom. The van der Waals surface area contributed by atoms with Gasteiger partial charge in [0.1, 0.15) is 13.5 Å². The molecule has 0 saturated carbocycles. The Morgan fingerprint density at radius 1 is 0.789 bits per heavy atom. The molecule has 1 N–H and O–H groups in total. The van der Waals surface area contributed by atoms with E-state index >= 15 is 0 Å². The molecule has 0 aromatic carbocycles. The van der Waals surface area contributed by atoms with Crippen LogP contribution in [-0.4, -0.2) is 63.0 Å². The minimum absolute atomic E-state index is 0.0694. The molecule has 0 spiro atoms. The van der Waals surface area contributed by atoms with Gasteiger partial charge in [0.15, 0.2) is 0 Å². The maximum Gasteiger partial charge on any atom is 0.101 e. The van der Waals surface area contributed by atoms with Crippen molar-refractivity contribution >= 4 is 0 Å². The van der Waals surface area contributed by atoms with Crippen molar-refractivity contribution in [2.24, 2.45) is 0 Å². The molecule has 0 heterocycles. The van der Waals surface area contributed by atoms with E-state index in [9.17, 15) is 0 Å². The van der Waals surface area contributed by atoms with Gasteiger partial charge in [-0.3, -0.25) is 4.90 Å². The Morgan fingerprint density at radius 2 is 1.37 bits per heavy atom. The normalized spacial score (nSPS) is 11.4. The van der Waals surface area contributed by atoms with Crippen molar-refractivity contribution in [2.45, 2.75) is 39.5 Å². The van der Waals surface area contributed by atoms with Gasteiger partial charge in [0.05, 0.1) is 19.8 Å².